The molecule has 1 amide bonds. The maximum atomic E-state index is 12.6. The normalized spacial score (nSPS) is 11.4. The third-order valence-corrected chi connectivity index (χ3v) is 3.47. The highest BCUT2D eigenvalue weighted by molar-refractivity contribution is 5.82. The van der Waals surface area contributed by atoms with Crippen LogP contribution in [0.4, 0.5) is 0 Å². The van der Waals surface area contributed by atoms with Crippen molar-refractivity contribution >= 4 is 5.91 Å². The van der Waals surface area contributed by atoms with Gasteiger partial charge in [-0.15, -0.1) is 0 Å². The van der Waals surface area contributed by atoms with Crippen LogP contribution >= 0.6 is 0 Å². The molecule has 1 aromatic carbocycles. The summed E-state index contributed by atoms with van der Waals surface area (Å²) in [7, 11) is 1.79. The molecular formula is C16H21N3O2. The average molecular weight is 287 g/mol. The van der Waals surface area contributed by atoms with Crippen LogP contribution in [-0.4, -0.2) is 32.9 Å². The summed E-state index contributed by atoms with van der Waals surface area (Å²) in [5, 5.41) is 9.31. The number of hydrogen-bond acceptors (Lipinski definition) is 3. The molecule has 0 radical (unpaired) electrons. The summed E-state index contributed by atoms with van der Waals surface area (Å²) >= 11 is 0. The third-order valence-electron chi connectivity index (χ3n) is 3.47. The topological polar surface area (TPSA) is 69.2 Å². The highest BCUT2D eigenvalue weighted by Crippen LogP contribution is 2.25. The molecule has 112 valence electrons. The van der Waals surface area contributed by atoms with Crippen molar-refractivity contribution in [3.63, 3.8) is 0 Å². The quantitative estimate of drug-likeness (QED) is 0.887. The first-order valence-corrected chi connectivity index (χ1v) is 6.89. The van der Waals surface area contributed by atoms with Crippen molar-refractivity contribution in [2.75, 3.05) is 7.05 Å². The standard InChI is InChI=1S/C16H21N3O2/c1-16(2,8-12-4-6-14(20)7-5-12)15(21)19(3)10-13-9-17-11-18-13/h4-7,9,11,20H,8,10H2,1-3H3,(H,17,18). The zero-order chi connectivity index (χ0) is 15.5. The van der Waals surface area contributed by atoms with E-state index in [4.69, 9.17) is 0 Å². The second-order valence-electron chi connectivity index (χ2n) is 5.97. The lowest BCUT2D eigenvalue weighted by Crippen LogP contribution is -2.39. The van der Waals surface area contributed by atoms with Crippen molar-refractivity contribution in [3.8, 4) is 5.75 Å². The van der Waals surface area contributed by atoms with Gasteiger partial charge in [0.1, 0.15) is 5.75 Å². The van der Waals surface area contributed by atoms with Crippen LogP contribution in [-0.2, 0) is 17.8 Å². The zero-order valence-corrected chi connectivity index (χ0v) is 12.6. The number of phenolic OH excluding ortho intramolecular Hbond substituents is 1. The van der Waals surface area contributed by atoms with E-state index in [0.717, 1.165) is 11.3 Å². The second-order valence-corrected chi connectivity index (χ2v) is 5.97. The number of carbonyl (C=O) groups is 1. The zero-order valence-electron chi connectivity index (χ0n) is 12.6. The SMILES string of the molecule is CN(Cc1cnc[nH]1)C(=O)C(C)(C)Cc1ccc(O)cc1. The smallest absolute Gasteiger partial charge is 0.228 e. The molecule has 0 bridgehead atoms. The molecule has 2 rings (SSSR count). The Labute approximate surface area is 124 Å². The molecule has 0 aliphatic carbocycles. The molecule has 21 heavy (non-hydrogen) atoms. The summed E-state index contributed by atoms with van der Waals surface area (Å²) in [6.07, 6.45) is 3.95. The van der Waals surface area contributed by atoms with Crippen molar-refractivity contribution < 1.29 is 9.90 Å². The van der Waals surface area contributed by atoms with Gasteiger partial charge >= 0.3 is 0 Å². The first kappa shape index (κ1) is 15.1. The van der Waals surface area contributed by atoms with Gasteiger partial charge < -0.3 is 15.0 Å². The Bertz CT molecular complexity index is 588. The van der Waals surface area contributed by atoms with Gasteiger partial charge in [-0.2, -0.15) is 0 Å². The van der Waals surface area contributed by atoms with E-state index in [1.807, 2.05) is 26.0 Å². The minimum absolute atomic E-state index is 0.0742. The number of aromatic amines is 1. The van der Waals surface area contributed by atoms with Crippen LogP contribution in [0, 0.1) is 5.41 Å². The number of nitrogens with one attached hydrogen (secondary N) is 1. The molecule has 0 fully saturated rings. The number of benzene rings is 1. The number of aromatic hydroxyl groups is 1. The van der Waals surface area contributed by atoms with Gasteiger partial charge in [-0.1, -0.05) is 26.0 Å². The van der Waals surface area contributed by atoms with Gasteiger partial charge in [0, 0.05) is 18.7 Å². The number of nitrogens with zero attached hydrogens (tertiary/aromatic N) is 2. The van der Waals surface area contributed by atoms with E-state index >= 15 is 0 Å². The Morgan fingerprint density at radius 3 is 2.57 bits per heavy atom. The lowest BCUT2D eigenvalue weighted by molar-refractivity contribution is -0.139. The Balaban J connectivity index is 2.03. The van der Waals surface area contributed by atoms with Gasteiger partial charge in [0.15, 0.2) is 0 Å². The van der Waals surface area contributed by atoms with Crippen LogP contribution in [0.3, 0.4) is 0 Å². The van der Waals surface area contributed by atoms with E-state index in [1.165, 1.54) is 0 Å². The molecule has 0 aliphatic rings. The maximum Gasteiger partial charge on any atom is 0.228 e. The fraction of sp³-hybridized carbons (Fsp3) is 0.375. The Kier molecular flexibility index (Phi) is 4.31. The number of imidazole rings is 1. The molecule has 1 aromatic heterocycles. The number of amides is 1. The lowest BCUT2D eigenvalue weighted by atomic mass is 9.84. The van der Waals surface area contributed by atoms with Crippen molar-refractivity contribution in [1.82, 2.24) is 14.9 Å². The summed E-state index contributed by atoms with van der Waals surface area (Å²) in [6.45, 7) is 4.38. The number of rotatable bonds is 5. The Hall–Kier alpha value is -2.30. The van der Waals surface area contributed by atoms with Gasteiger partial charge in [0.05, 0.1) is 18.6 Å². The summed E-state index contributed by atoms with van der Waals surface area (Å²) in [5.41, 5.74) is 1.43. The molecule has 2 N–H and O–H groups in total. The number of H-pyrrole nitrogens is 1. The van der Waals surface area contributed by atoms with Gasteiger partial charge in [-0.25, -0.2) is 4.98 Å². The summed E-state index contributed by atoms with van der Waals surface area (Å²) in [5.74, 6) is 0.310. The van der Waals surface area contributed by atoms with Crippen LogP contribution in [0.2, 0.25) is 0 Å². The molecule has 5 heteroatoms. The minimum Gasteiger partial charge on any atom is -0.508 e. The fourth-order valence-electron chi connectivity index (χ4n) is 2.41. The fourth-order valence-corrected chi connectivity index (χ4v) is 2.41. The van der Waals surface area contributed by atoms with Crippen LogP contribution < -0.4 is 0 Å². The van der Waals surface area contributed by atoms with E-state index in [9.17, 15) is 9.90 Å². The molecule has 0 spiro atoms. The molecule has 0 atom stereocenters. The molecule has 0 saturated heterocycles. The molecule has 1 heterocycles. The average Bonchev–Trinajstić information content (AvgIpc) is 2.93. The monoisotopic (exact) mass is 287 g/mol. The van der Waals surface area contributed by atoms with Crippen LogP contribution in [0.5, 0.6) is 5.75 Å². The minimum atomic E-state index is -0.508. The van der Waals surface area contributed by atoms with Gasteiger partial charge in [-0.3, -0.25) is 4.79 Å². The van der Waals surface area contributed by atoms with E-state index in [0.29, 0.717) is 13.0 Å². The Morgan fingerprint density at radius 1 is 1.33 bits per heavy atom. The van der Waals surface area contributed by atoms with E-state index in [-0.39, 0.29) is 11.7 Å². The molecule has 0 aliphatic heterocycles. The lowest BCUT2D eigenvalue weighted by Gasteiger charge is -2.29. The molecular weight excluding hydrogens is 266 g/mol. The number of carbonyl (C=O) groups excluding carboxylic acids is 1. The summed E-state index contributed by atoms with van der Waals surface area (Å²) in [4.78, 5) is 21.3. The highest BCUT2D eigenvalue weighted by Gasteiger charge is 2.30. The maximum absolute atomic E-state index is 12.6. The molecule has 5 nitrogen and oxygen atoms in total. The predicted molar refractivity (Wildman–Crippen MR) is 80.7 cm³/mol. The predicted octanol–water partition coefficient (Wildman–Crippen LogP) is 2.34. The third kappa shape index (κ3) is 3.84. The van der Waals surface area contributed by atoms with Crippen LogP contribution in [0.25, 0.3) is 0 Å². The van der Waals surface area contributed by atoms with Gasteiger partial charge in [0.25, 0.3) is 0 Å². The van der Waals surface area contributed by atoms with Crippen molar-refractivity contribution in [3.05, 3.63) is 48.0 Å². The Morgan fingerprint density at radius 2 is 2.00 bits per heavy atom. The van der Waals surface area contributed by atoms with E-state index in [2.05, 4.69) is 9.97 Å². The highest BCUT2D eigenvalue weighted by atomic mass is 16.3. The summed E-state index contributed by atoms with van der Waals surface area (Å²) < 4.78 is 0. The van der Waals surface area contributed by atoms with Crippen molar-refractivity contribution in [1.29, 1.82) is 0 Å². The molecule has 2 aromatic rings. The van der Waals surface area contributed by atoms with Gasteiger partial charge in [-0.05, 0) is 24.1 Å². The summed E-state index contributed by atoms with van der Waals surface area (Å²) in [6, 6.07) is 6.98. The second kappa shape index (κ2) is 5.99. The van der Waals surface area contributed by atoms with E-state index in [1.54, 1.807) is 36.6 Å². The first-order valence-electron chi connectivity index (χ1n) is 6.89. The number of phenols is 1. The van der Waals surface area contributed by atoms with E-state index < -0.39 is 5.41 Å². The van der Waals surface area contributed by atoms with Crippen molar-refractivity contribution in [2.45, 2.75) is 26.8 Å². The number of aromatic nitrogens is 2. The number of hydrogen-bond donors (Lipinski definition) is 2. The first-order chi connectivity index (χ1) is 9.88. The molecule has 0 saturated carbocycles. The molecule has 0 unspecified atom stereocenters. The largest absolute Gasteiger partial charge is 0.508 e. The van der Waals surface area contributed by atoms with Crippen LogP contribution in [0.15, 0.2) is 36.8 Å². The van der Waals surface area contributed by atoms with Crippen LogP contribution in [0.1, 0.15) is 25.1 Å². The van der Waals surface area contributed by atoms with Gasteiger partial charge in [0.2, 0.25) is 5.91 Å². The van der Waals surface area contributed by atoms with Crippen molar-refractivity contribution in [2.24, 2.45) is 5.41 Å².